The first-order valence-corrected chi connectivity index (χ1v) is 11.9. The third kappa shape index (κ3) is 5.99. The Bertz CT molecular complexity index is 992. The summed E-state index contributed by atoms with van der Waals surface area (Å²) in [6.07, 6.45) is 8.50. The highest BCUT2D eigenvalue weighted by Gasteiger charge is 2.42. The van der Waals surface area contributed by atoms with Crippen LogP contribution in [0, 0.1) is 5.92 Å². The third-order valence-corrected chi connectivity index (χ3v) is 6.61. The molecule has 1 saturated heterocycles. The van der Waals surface area contributed by atoms with Gasteiger partial charge in [-0.2, -0.15) is 0 Å². The minimum absolute atomic E-state index is 0.0382. The SMILES string of the molecule is C=CCN1C[C@H](C(=O)NCCCN(C)C)C[C@@H]2c3cccc4[nH]cc(c34)C[C@H]21.CCN=C=O. The molecule has 2 aliphatic rings. The fraction of sp³-hybridized carbons (Fsp3) is 0.538. The second-order valence-electron chi connectivity index (χ2n) is 9.15. The van der Waals surface area contributed by atoms with E-state index in [2.05, 4.69) is 70.2 Å². The average Bonchev–Trinajstić information content (AvgIpc) is 3.22. The van der Waals surface area contributed by atoms with Crippen LogP contribution in [0.4, 0.5) is 0 Å². The van der Waals surface area contributed by atoms with Crippen LogP contribution >= 0.6 is 0 Å². The van der Waals surface area contributed by atoms with Gasteiger partial charge in [0.15, 0.2) is 0 Å². The zero-order chi connectivity index (χ0) is 23.8. The Balaban J connectivity index is 0.000000555. The molecule has 0 saturated carbocycles. The van der Waals surface area contributed by atoms with Gasteiger partial charge in [0.2, 0.25) is 12.0 Å². The lowest BCUT2D eigenvalue weighted by atomic mass is 9.72. The first-order valence-electron chi connectivity index (χ1n) is 11.9. The molecular weight excluding hydrogens is 414 g/mol. The highest BCUT2D eigenvalue weighted by Crippen LogP contribution is 2.44. The van der Waals surface area contributed by atoms with Crippen LogP contribution in [-0.2, 0) is 16.0 Å². The summed E-state index contributed by atoms with van der Waals surface area (Å²) in [6.45, 7) is 9.69. The van der Waals surface area contributed by atoms with Crippen LogP contribution < -0.4 is 5.32 Å². The molecular formula is C26H37N5O2. The number of hydrogen-bond acceptors (Lipinski definition) is 5. The summed E-state index contributed by atoms with van der Waals surface area (Å²) in [6, 6.07) is 7.01. The van der Waals surface area contributed by atoms with Crippen LogP contribution in [-0.4, -0.2) is 79.6 Å². The Labute approximate surface area is 196 Å². The number of rotatable bonds is 8. The number of hydrogen-bond donors (Lipinski definition) is 2. The topological polar surface area (TPSA) is 80.8 Å². The number of nitrogens with one attached hydrogen (secondary N) is 2. The number of amides is 1. The quantitative estimate of drug-likeness (QED) is 0.280. The molecule has 1 aliphatic carbocycles. The summed E-state index contributed by atoms with van der Waals surface area (Å²) in [5.74, 6) is 0.646. The predicted molar refractivity (Wildman–Crippen MR) is 133 cm³/mol. The van der Waals surface area contributed by atoms with E-state index in [1.54, 1.807) is 6.92 Å². The number of isocyanates is 1. The number of H-pyrrole nitrogens is 1. The fourth-order valence-electron chi connectivity index (χ4n) is 5.18. The largest absolute Gasteiger partial charge is 0.361 e. The fourth-order valence-corrected chi connectivity index (χ4v) is 5.18. The lowest BCUT2D eigenvalue weighted by molar-refractivity contribution is -0.127. The van der Waals surface area contributed by atoms with E-state index in [0.717, 1.165) is 45.4 Å². The minimum Gasteiger partial charge on any atom is -0.361 e. The first-order chi connectivity index (χ1) is 16.0. The van der Waals surface area contributed by atoms with Gasteiger partial charge in [-0.1, -0.05) is 18.2 Å². The van der Waals surface area contributed by atoms with E-state index in [0.29, 0.717) is 18.5 Å². The monoisotopic (exact) mass is 451 g/mol. The van der Waals surface area contributed by atoms with Crippen LogP contribution in [0.1, 0.15) is 36.8 Å². The van der Waals surface area contributed by atoms with Gasteiger partial charge < -0.3 is 15.2 Å². The summed E-state index contributed by atoms with van der Waals surface area (Å²) >= 11 is 0. The van der Waals surface area contributed by atoms with E-state index in [-0.39, 0.29) is 11.8 Å². The van der Waals surface area contributed by atoms with Gasteiger partial charge in [-0.25, -0.2) is 9.79 Å². The summed E-state index contributed by atoms with van der Waals surface area (Å²) in [5.41, 5.74) is 4.04. The summed E-state index contributed by atoms with van der Waals surface area (Å²) in [4.78, 5) is 33.3. The third-order valence-electron chi connectivity index (χ3n) is 6.61. The molecule has 2 aromatic rings. The molecule has 33 heavy (non-hydrogen) atoms. The normalized spacial score (nSPS) is 21.5. The van der Waals surface area contributed by atoms with E-state index in [4.69, 9.17) is 4.79 Å². The Morgan fingerprint density at radius 3 is 2.91 bits per heavy atom. The number of benzene rings is 1. The number of aromatic amines is 1. The maximum Gasteiger partial charge on any atom is 0.234 e. The Kier molecular flexibility index (Phi) is 9.01. The van der Waals surface area contributed by atoms with Crippen LogP contribution in [0.25, 0.3) is 10.9 Å². The molecule has 0 radical (unpaired) electrons. The second kappa shape index (κ2) is 11.9. The summed E-state index contributed by atoms with van der Waals surface area (Å²) < 4.78 is 0. The average molecular weight is 452 g/mol. The lowest BCUT2D eigenvalue weighted by Crippen LogP contribution is -2.53. The van der Waals surface area contributed by atoms with E-state index in [1.807, 2.05) is 6.08 Å². The van der Waals surface area contributed by atoms with Gasteiger partial charge in [0.1, 0.15) is 0 Å². The van der Waals surface area contributed by atoms with Crippen molar-refractivity contribution in [3.63, 3.8) is 0 Å². The van der Waals surface area contributed by atoms with Crippen molar-refractivity contribution in [1.29, 1.82) is 0 Å². The van der Waals surface area contributed by atoms with E-state index in [9.17, 15) is 4.79 Å². The maximum atomic E-state index is 12.9. The van der Waals surface area contributed by atoms with Gasteiger partial charge in [-0.15, -0.1) is 6.58 Å². The van der Waals surface area contributed by atoms with Gasteiger partial charge in [0.05, 0.1) is 5.92 Å². The molecule has 2 heterocycles. The molecule has 1 fully saturated rings. The van der Waals surface area contributed by atoms with Crippen molar-refractivity contribution < 1.29 is 9.59 Å². The van der Waals surface area contributed by atoms with Gasteiger partial charge >= 0.3 is 0 Å². The number of nitrogens with zero attached hydrogens (tertiary/aromatic N) is 3. The van der Waals surface area contributed by atoms with Gasteiger partial charge in [-0.3, -0.25) is 9.69 Å². The predicted octanol–water partition coefficient (Wildman–Crippen LogP) is 3.09. The minimum atomic E-state index is 0.0382. The number of likely N-dealkylation sites (tertiary alicyclic amines) is 1. The molecule has 4 rings (SSSR count). The van der Waals surface area contributed by atoms with Crippen molar-refractivity contribution in [3.05, 3.63) is 48.2 Å². The van der Waals surface area contributed by atoms with Gasteiger partial charge in [0.25, 0.3) is 0 Å². The number of carbonyl (C=O) groups is 1. The van der Waals surface area contributed by atoms with Crippen molar-refractivity contribution in [2.24, 2.45) is 10.9 Å². The number of piperidine rings is 1. The number of carbonyl (C=O) groups excluding carboxylic acids is 2. The van der Waals surface area contributed by atoms with Crippen molar-refractivity contribution >= 4 is 22.9 Å². The number of fused-ring (bicyclic) bond motifs is 2. The molecule has 0 unspecified atom stereocenters. The Hall–Kier alpha value is -2.73. The van der Waals surface area contributed by atoms with Crippen molar-refractivity contribution in [2.75, 3.05) is 46.8 Å². The van der Waals surface area contributed by atoms with Gasteiger partial charge in [-0.05, 0) is 64.0 Å². The van der Waals surface area contributed by atoms with Crippen LogP contribution in [0.15, 0.2) is 42.0 Å². The maximum absolute atomic E-state index is 12.9. The van der Waals surface area contributed by atoms with Crippen molar-refractivity contribution in [2.45, 2.75) is 38.1 Å². The molecule has 0 spiro atoms. The number of aliphatic imine (C=N–C) groups is 1. The standard InChI is InChI=1S/C23H32N4O.C3H5NO/c1-4-10-27-15-17(23(28)24-9-6-11-26(2)3)12-19-18-7-5-8-20-22(18)16(14-25-20)13-21(19)27;1-2-4-3-5/h4-5,7-8,14,17,19,21,25H,1,6,9-13,15H2,2-3H3,(H,24,28);2H2,1H3/t17-,19-,21-;/m1./s1. The van der Waals surface area contributed by atoms with Gasteiger partial charge in [0, 0.05) is 55.2 Å². The van der Waals surface area contributed by atoms with Crippen LogP contribution in [0.2, 0.25) is 0 Å². The molecule has 1 amide bonds. The molecule has 1 aliphatic heterocycles. The summed E-state index contributed by atoms with van der Waals surface area (Å²) in [5, 5.41) is 4.56. The smallest absolute Gasteiger partial charge is 0.234 e. The van der Waals surface area contributed by atoms with Crippen LogP contribution in [0.5, 0.6) is 0 Å². The lowest BCUT2D eigenvalue weighted by Gasteiger charge is -2.46. The van der Waals surface area contributed by atoms with E-state index >= 15 is 0 Å². The molecule has 2 N–H and O–H groups in total. The highest BCUT2D eigenvalue weighted by molar-refractivity contribution is 5.88. The molecule has 3 atom stereocenters. The first kappa shape index (κ1) is 24.9. The summed E-state index contributed by atoms with van der Waals surface area (Å²) in [7, 11) is 4.13. The molecule has 7 nitrogen and oxygen atoms in total. The number of aromatic nitrogens is 1. The molecule has 1 aromatic heterocycles. The zero-order valence-corrected chi connectivity index (χ0v) is 20.1. The van der Waals surface area contributed by atoms with Crippen molar-refractivity contribution in [1.82, 2.24) is 20.1 Å². The molecule has 0 bridgehead atoms. The molecule has 178 valence electrons. The Morgan fingerprint density at radius 2 is 2.24 bits per heavy atom. The zero-order valence-electron chi connectivity index (χ0n) is 20.1. The molecule has 7 heteroatoms. The Morgan fingerprint density at radius 1 is 1.42 bits per heavy atom. The highest BCUT2D eigenvalue weighted by atomic mass is 16.2. The molecule has 1 aromatic carbocycles. The van der Waals surface area contributed by atoms with Crippen molar-refractivity contribution in [3.8, 4) is 0 Å². The van der Waals surface area contributed by atoms with Crippen LogP contribution in [0.3, 0.4) is 0 Å². The van der Waals surface area contributed by atoms with E-state index in [1.165, 1.54) is 28.1 Å². The second-order valence-corrected chi connectivity index (χ2v) is 9.15. The van der Waals surface area contributed by atoms with E-state index < -0.39 is 0 Å².